The number of esters is 1. The Bertz CT molecular complexity index is 393. The average molecular weight is 267 g/mol. The molecule has 0 aromatic heterocycles. The third-order valence-corrected chi connectivity index (χ3v) is 1.75. The van der Waals surface area contributed by atoms with Gasteiger partial charge in [0, 0.05) is 0 Å². The quantitative estimate of drug-likeness (QED) is 0.646. The van der Waals surface area contributed by atoms with Gasteiger partial charge in [-0.2, -0.15) is 0 Å². The van der Waals surface area contributed by atoms with Crippen LogP contribution in [0.25, 0.3) is 0 Å². The van der Waals surface area contributed by atoms with Gasteiger partial charge in [0.2, 0.25) is 6.41 Å². The van der Waals surface area contributed by atoms with E-state index in [9.17, 15) is 9.59 Å². The maximum atomic E-state index is 10.8. The van der Waals surface area contributed by atoms with Gasteiger partial charge >= 0.3 is 5.97 Å². The Hall–Kier alpha value is -2.04. The number of hydrogen-bond donors (Lipinski definition) is 2. The van der Waals surface area contributed by atoms with Gasteiger partial charge in [-0.1, -0.05) is 12.1 Å². The van der Waals surface area contributed by atoms with Crippen LogP contribution in [-0.2, 0) is 14.3 Å². The van der Waals surface area contributed by atoms with Crippen LogP contribution < -0.4 is 5.32 Å². The van der Waals surface area contributed by atoms with E-state index in [0.29, 0.717) is 12.2 Å². The monoisotopic (exact) mass is 267 g/mol. The number of phenolic OH excluding ortho intramolecular Hbond substituents is 1. The molecule has 0 heterocycles. The van der Waals surface area contributed by atoms with Gasteiger partial charge in [0.25, 0.3) is 0 Å². The van der Waals surface area contributed by atoms with Crippen LogP contribution in [-0.4, -0.2) is 29.6 Å². The van der Waals surface area contributed by atoms with Crippen LogP contribution in [0, 0.1) is 6.92 Å². The highest BCUT2D eigenvalue weighted by molar-refractivity contribution is 5.74. The lowest BCUT2D eigenvalue weighted by Gasteiger charge is -2.18. The van der Waals surface area contributed by atoms with E-state index >= 15 is 0 Å². The Morgan fingerprint density at radius 3 is 2.42 bits per heavy atom. The maximum absolute atomic E-state index is 10.8. The molecular formula is C14H21NO4. The molecule has 0 aliphatic carbocycles. The van der Waals surface area contributed by atoms with Crippen LogP contribution in [0.3, 0.4) is 0 Å². The molecule has 0 bridgehead atoms. The maximum Gasteiger partial charge on any atom is 0.325 e. The van der Waals surface area contributed by atoms with Crippen LogP contribution in [0.5, 0.6) is 5.75 Å². The summed E-state index contributed by atoms with van der Waals surface area (Å²) in [5, 5.41) is 11.0. The number of amides is 1. The number of nitrogens with one attached hydrogen (secondary N) is 1. The number of carbonyl (C=O) groups is 2. The second-order valence-electron chi connectivity index (χ2n) is 4.92. The Kier molecular flexibility index (Phi) is 7.26. The van der Waals surface area contributed by atoms with E-state index in [2.05, 4.69) is 5.32 Å². The standard InChI is InChI=1S/C7H13NO3.C7H8O/c1-7(2,3)11-6(10)4-8-5-9;1-6-3-2-4-7(8)5-6/h5H,4H2,1-3H3,(H,8,9);2-5,8H,1H3. The first-order valence-electron chi connectivity index (χ1n) is 5.89. The summed E-state index contributed by atoms with van der Waals surface area (Å²) in [5.74, 6) is -0.0883. The number of aromatic hydroxyl groups is 1. The van der Waals surface area contributed by atoms with E-state index in [1.54, 1.807) is 32.9 Å². The Morgan fingerprint density at radius 2 is 2.05 bits per heavy atom. The van der Waals surface area contributed by atoms with Crippen LogP contribution in [0.2, 0.25) is 0 Å². The molecule has 1 aromatic carbocycles. The molecule has 19 heavy (non-hydrogen) atoms. The molecule has 0 saturated carbocycles. The summed E-state index contributed by atoms with van der Waals surface area (Å²) in [5.41, 5.74) is 0.603. The zero-order chi connectivity index (χ0) is 14.9. The fourth-order valence-corrected chi connectivity index (χ4v) is 1.13. The highest BCUT2D eigenvalue weighted by Gasteiger charge is 2.15. The van der Waals surface area contributed by atoms with Gasteiger partial charge in [0.05, 0.1) is 0 Å². The molecule has 0 radical (unpaired) electrons. The van der Waals surface area contributed by atoms with E-state index in [1.165, 1.54) is 0 Å². The number of hydrogen-bond acceptors (Lipinski definition) is 4. The molecule has 1 aromatic rings. The Morgan fingerprint density at radius 1 is 1.42 bits per heavy atom. The minimum atomic E-state index is -0.484. The first-order chi connectivity index (χ1) is 8.74. The van der Waals surface area contributed by atoms with Gasteiger partial charge in [0.1, 0.15) is 17.9 Å². The summed E-state index contributed by atoms with van der Waals surface area (Å²) in [6, 6.07) is 7.15. The van der Waals surface area contributed by atoms with Crippen molar-refractivity contribution in [2.24, 2.45) is 0 Å². The van der Waals surface area contributed by atoms with Crippen molar-refractivity contribution in [3.05, 3.63) is 29.8 Å². The molecule has 0 saturated heterocycles. The minimum absolute atomic E-state index is 0.0687. The lowest BCUT2D eigenvalue weighted by Crippen LogP contribution is -2.30. The van der Waals surface area contributed by atoms with Gasteiger partial charge in [-0.15, -0.1) is 0 Å². The number of rotatable bonds is 3. The van der Waals surface area contributed by atoms with Gasteiger partial charge in [-0.25, -0.2) is 0 Å². The number of aryl methyl sites for hydroxylation is 1. The van der Waals surface area contributed by atoms with Gasteiger partial charge in [0.15, 0.2) is 0 Å². The van der Waals surface area contributed by atoms with Crippen molar-refractivity contribution < 1.29 is 19.4 Å². The molecule has 0 spiro atoms. The van der Waals surface area contributed by atoms with E-state index in [0.717, 1.165) is 5.56 Å². The molecule has 0 aliphatic rings. The number of ether oxygens (including phenoxy) is 1. The molecule has 0 atom stereocenters. The van der Waals surface area contributed by atoms with E-state index < -0.39 is 11.6 Å². The first kappa shape index (κ1) is 17.0. The summed E-state index contributed by atoms with van der Waals surface area (Å²) in [4.78, 5) is 20.5. The Balaban J connectivity index is 0.000000356. The summed E-state index contributed by atoms with van der Waals surface area (Å²) in [6.45, 7) is 7.18. The molecule has 1 amide bonds. The fraction of sp³-hybridized carbons (Fsp3) is 0.429. The average Bonchev–Trinajstić information content (AvgIpc) is 2.24. The SMILES string of the molecule is CC(C)(C)OC(=O)CNC=O.Cc1cccc(O)c1. The van der Waals surface area contributed by atoms with Crippen LogP contribution in [0.4, 0.5) is 0 Å². The molecular weight excluding hydrogens is 246 g/mol. The Labute approximate surface area is 113 Å². The third-order valence-electron chi connectivity index (χ3n) is 1.75. The predicted octanol–water partition coefficient (Wildman–Crippen LogP) is 1.77. The number of benzene rings is 1. The van der Waals surface area contributed by atoms with Crippen molar-refractivity contribution >= 4 is 12.4 Å². The lowest BCUT2D eigenvalue weighted by molar-refractivity contribution is -0.154. The molecule has 0 aliphatic heterocycles. The second-order valence-corrected chi connectivity index (χ2v) is 4.92. The second kappa shape index (κ2) is 8.13. The van der Waals surface area contributed by atoms with Crippen molar-refractivity contribution in [1.29, 1.82) is 0 Å². The van der Waals surface area contributed by atoms with E-state index in [1.807, 2.05) is 19.1 Å². The van der Waals surface area contributed by atoms with Gasteiger partial charge in [-0.3, -0.25) is 9.59 Å². The smallest absolute Gasteiger partial charge is 0.325 e. The predicted molar refractivity (Wildman–Crippen MR) is 72.8 cm³/mol. The third kappa shape index (κ3) is 10.8. The van der Waals surface area contributed by atoms with Crippen molar-refractivity contribution in [2.45, 2.75) is 33.3 Å². The molecule has 0 fully saturated rings. The number of carbonyl (C=O) groups excluding carboxylic acids is 2. The zero-order valence-corrected chi connectivity index (χ0v) is 11.8. The van der Waals surface area contributed by atoms with Crippen LogP contribution in [0.1, 0.15) is 26.3 Å². The molecule has 5 nitrogen and oxygen atoms in total. The normalized spacial score (nSPS) is 9.89. The van der Waals surface area contributed by atoms with Gasteiger partial charge < -0.3 is 15.2 Å². The molecule has 2 N–H and O–H groups in total. The molecule has 106 valence electrons. The molecule has 1 rings (SSSR count). The highest BCUT2D eigenvalue weighted by atomic mass is 16.6. The highest BCUT2D eigenvalue weighted by Crippen LogP contribution is 2.08. The first-order valence-corrected chi connectivity index (χ1v) is 5.89. The van der Waals surface area contributed by atoms with Crippen LogP contribution >= 0.6 is 0 Å². The summed E-state index contributed by atoms with van der Waals surface area (Å²) in [7, 11) is 0. The van der Waals surface area contributed by atoms with Crippen LogP contribution in [0.15, 0.2) is 24.3 Å². The topological polar surface area (TPSA) is 75.6 Å². The van der Waals surface area contributed by atoms with Crippen molar-refractivity contribution in [2.75, 3.05) is 6.54 Å². The molecule has 0 unspecified atom stereocenters. The van der Waals surface area contributed by atoms with E-state index in [4.69, 9.17) is 9.84 Å². The van der Waals surface area contributed by atoms with Crippen molar-refractivity contribution in [3.8, 4) is 5.75 Å². The van der Waals surface area contributed by atoms with Gasteiger partial charge in [-0.05, 0) is 45.4 Å². The summed E-state index contributed by atoms with van der Waals surface area (Å²) >= 11 is 0. The molecule has 5 heteroatoms. The zero-order valence-electron chi connectivity index (χ0n) is 11.8. The number of phenols is 1. The lowest BCUT2D eigenvalue weighted by atomic mass is 10.2. The summed E-state index contributed by atoms with van der Waals surface area (Å²) < 4.78 is 4.88. The van der Waals surface area contributed by atoms with E-state index in [-0.39, 0.29) is 6.54 Å². The van der Waals surface area contributed by atoms with Crippen molar-refractivity contribution in [1.82, 2.24) is 5.32 Å². The van der Waals surface area contributed by atoms with Crippen molar-refractivity contribution in [3.63, 3.8) is 0 Å². The minimum Gasteiger partial charge on any atom is -0.508 e. The largest absolute Gasteiger partial charge is 0.508 e. The summed E-state index contributed by atoms with van der Waals surface area (Å²) in [6.07, 6.45) is 0.462. The fourth-order valence-electron chi connectivity index (χ4n) is 1.13.